The van der Waals surface area contributed by atoms with Crippen LogP contribution in [0.2, 0.25) is 0 Å². The van der Waals surface area contributed by atoms with Crippen LogP contribution in [0.1, 0.15) is 26.2 Å². The summed E-state index contributed by atoms with van der Waals surface area (Å²) < 4.78 is 10.6. The molecule has 0 amide bonds. The Morgan fingerprint density at radius 1 is 1.41 bits per heavy atom. The second kappa shape index (κ2) is 9.83. The van der Waals surface area contributed by atoms with E-state index in [1.54, 1.807) is 7.11 Å². The van der Waals surface area contributed by atoms with Crippen molar-refractivity contribution in [2.24, 2.45) is 0 Å². The van der Waals surface area contributed by atoms with Crippen molar-refractivity contribution in [3.8, 4) is 0 Å². The summed E-state index contributed by atoms with van der Waals surface area (Å²) in [6, 6.07) is 0.554. The lowest BCUT2D eigenvalue weighted by Crippen LogP contribution is -2.50. The van der Waals surface area contributed by atoms with Gasteiger partial charge in [-0.05, 0) is 32.4 Å². The van der Waals surface area contributed by atoms with Gasteiger partial charge < -0.3 is 14.8 Å². The predicted molar refractivity (Wildman–Crippen MR) is 70.5 cm³/mol. The second-order valence-corrected chi connectivity index (χ2v) is 4.67. The number of hydrogen-bond acceptors (Lipinski definition) is 4. The van der Waals surface area contributed by atoms with Crippen molar-refractivity contribution in [2.45, 2.75) is 32.2 Å². The molecule has 0 saturated carbocycles. The van der Waals surface area contributed by atoms with E-state index in [2.05, 4.69) is 17.1 Å². The Labute approximate surface area is 106 Å². The van der Waals surface area contributed by atoms with Crippen molar-refractivity contribution in [1.29, 1.82) is 0 Å². The average molecular weight is 244 g/mol. The molecule has 1 rings (SSSR count). The molecule has 0 aromatic rings. The molecule has 0 spiro atoms. The molecule has 102 valence electrons. The van der Waals surface area contributed by atoms with Gasteiger partial charge in [0.05, 0.1) is 13.2 Å². The van der Waals surface area contributed by atoms with Gasteiger partial charge >= 0.3 is 0 Å². The molecule has 0 aromatic carbocycles. The van der Waals surface area contributed by atoms with Crippen molar-refractivity contribution in [2.75, 3.05) is 53.1 Å². The monoisotopic (exact) mass is 244 g/mol. The molecule has 1 aliphatic rings. The van der Waals surface area contributed by atoms with E-state index in [1.165, 1.54) is 19.4 Å². The van der Waals surface area contributed by atoms with E-state index >= 15 is 0 Å². The molecule has 0 aromatic heterocycles. The lowest BCUT2D eigenvalue weighted by molar-refractivity contribution is -0.00790. The SMILES string of the molecule is CCCNCC1COCCN1CCCCOC. The number of nitrogens with one attached hydrogen (secondary N) is 1. The molecule has 1 saturated heterocycles. The Balaban J connectivity index is 2.17. The number of hydrogen-bond donors (Lipinski definition) is 1. The highest BCUT2D eigenvalue weighted by atomic mass is 16.5. The Hall–Kier alpha value is -0.160. The molecule has 4 heteroatoms. The molecule has 1 N–H and O–H groups in total. The van der Waals surface area contributed by atoms with Crippen LogP contribution < -0.4 is 5.32 Å². The fourth-order valence-electron chi connectivity index (χ4n) is 2.18. The molecule has 1 atom stereocenters. The summed E-state index contributed by atoms with van der Waals surface area (Å²) in [5, 5.41) is 3.49. The molecule has 1 aliphatic heterocycles. The van der Waals surface area contributed by atoms with Crippen LogP contribution in [-0.4, -0.2) is 64.1 Å². The maximum Gasteiger partial charge on any atom is 0.0634 e. The van der Waals surface area contributed by atoms with Crippen molar-refractivity contribution < 1.29 is 9.47 Å². The highest BCUT2D eigenvalue weighted by Gasteiger charge is 2.21. The van der Waals surface area contributed by atoms with Crippen LogP contribution in [0.4, 0.5) is 0 Å². The molecule has 17 heavy (non-hydrogen) atoms. The second-order valence-electron chi connectivity index (χ2n) is 4.67. The molecule has 1 heterocycles. The molecule has 0 aliphatic carbocycles. The van der Waals surface area contributed by atoms with Crippen LogP contribution in [0.15, 0.2) is 0 Å². The van der Waals surface area contributed by atoms with Crippen molar-refractivity contribution in [1.82, 2.24) is 10.2 Å². The van der Waals surface area contributed by atoms with Crippen LogP contribution in [0, 0.1) is 0 Å². The normalized spacial score (nSPS) is 21.9. The van der Waals surface area contributed by atoms with Gasteiger partial charge in [-0.3, -0.25) is 4.90 Å². The van der Waals surface area contributed by atoms with E-state index in [1.807, 2.05) is 0 Å². The maximum atomic E-state index is 5.56. The highest BCUT2D eigenvalue weighted by Crippen LogP contribution is 2.07. The smallest absolute Gasteiger partial charge is 0.0634 e. The number of nitrogens with zero attached hydrogens (tertiary/aromatic N) is 1. The van der Waals surface area contributed by atoms with Crippen LogP contribution in [0.3, 0.4) is 0 Å². The van der Waals surface area contributed by atoms with Gasteiger partial charge in [0.15, 0.2) is 0 Å². The zero-order valence-electron chi connectivity index (χ0n) is 11.4. The van der Waals surface area contributed by atoms with Gasteiger partial charge in [0.1, 0.15) is 0 Å². The first-order valence-corrected chi connectivity index (χ1v) is 6.90. The number of morpholine rings is 1. The number of unbranched alkanes of at least 4 members (excludes halogenated alkanes) is 1. The van der Waals surface area contributed by atoms with Crippen LogP contribution in [-0.2, 0) is 9.47 Å². The summed E-state index contributed by atoms with van der Waals surface area (Å²) in [6.07, 6.45) is 3.57. The van der Waals surface area contributed by atoms with Crippen LogP contribution in [0.5, 0.6) is 0 Å². The van der Waals surface area contributed by atoms with Gasteiger partial charge in [-0.2, -0.15) is 0 Å². The number of ether oxygens (including phenoxy) is 2. The standard InChI is InChI=1S/C13H28N2O2/c1-3-6-14-11-13-12-17-10-8-15(13)7-4-5-9-16-2/h13-14H,3-12H2,1-2H3. The number of rotatable bonds is 9. The summed E-state index contributed by atoms with van der Waals surface area (Å²) >= 11 is 0. The minimum atomic E-state index is 0.554. The topological polar surface area (TPSA) is 33.7 Å². The van der Waals surface area contributed by atoms with Gasteiger partial charge in [0.2, 0.25) is 0 Å². The number of methoxy groups -OCH3 is 1. The minimum absolute atomic E-state index is 0.554. The van der Waals surface area contributed by atoms with Gasteiger partial charge in [-0.25, -0.2) is 0 Å². The lowest BCUT2D eigenvalue weighted by atomic mass is 10.2. The molecule has 0 bridgehead atoms. The third kappa shape index (κ3) is 6.36. The first kappa shape index (κ1) is 14.9. The zero-order valence-corrected chi connectivity index (χ0v) is 11.4. The van der Waals surface area contributed by atoms with E-state index in [-0.39, 0.29) is 0 Å². The Morgan fingerprint density at radius 2 is 2.29 bits per heavy atom. The van der Waals surface area contributed by atoms with Crippen LogP contribution >= 0.6 is 0 Å². The highest BCUT2D eigenvalue weighted by molar-refractivity contribution is 4.77. The van der Waals surface area contributed by atoms with Crippen LogP contribution in [0.25, 0.3) is 0 Å². The van der Waals surface area contributed by atoms with E-state index < -0.39 is 0 Å². The van der Waals surface area contributed by atoms with Gasteiger partial charge in [0, 0.05) is 32.8 Å². The Bertz CT molecular complexity index is 179. The summed E-state index contributed by atoms with van der Waals surface area (Å²) in [5.41, 5.74) is 0. The zero-order chi connectivity index (χ0) is 12.3. The van der Waals surface area contributed by atoms with Crippen molar-refractivity contribution >= 4 is 0 Å². The molecule has 1 fully saturated rings. The third-order valence-electron chi connectivity index (χ3n) is 3.20. The summed E-state index contributed by atoms with van der Waals surface area (Å²) in [5.74, 6) is 0. The predicted octanol–water partition coefficient (Wildman–Crippen LogP) is 1.11. The van der Waals surface area contributed by atoms with Gasteiger partial charge in [0.25, 0.3) is 0 Å². The minimum Gasteiger partial charge on any atom is -0.385 e. The molecule has 0 radical (unpaired) electrons. The molecule has 4 nitrogen and oxygen atoms in total. The van der Waals surface area contributed by atoms with Gasteiger partial charge in [-0.1, -0.05) is 6.92 Å². The largest absolute Gasteiger partial charge is 0.385 e. The fraction of sp³-hybridized carbons (Fsp3) is 1.00. The summed E-state index contributed by atoms with van der Waals surface area (Å²) in [4.78, 5) is 2.56. The Morgan fingerprint density at radius 3 is 3.06 bits per heavy atom. The van der Waals surface area contributed by atoms with E-state index in [4.69, 9.17) is 9.47 Å². The quantitative estimate of drug-likeness (QED) is 0.616. The maximum absolute atomic E-state index is 5.56. The fourth-order valence-corrected chi connectivity index (χ4v) is 2.18. The molecular weight excluding hydrogens is 216 g/mol. The van der Waals surface area contributed by atoms with E-state index in [0.29, 0.717) is 6.04 Å². The van der Waals surface area contributed by atoms with Gasteiger partial charge in [-0.15, -0.1) is 0 Å². The Kier molecular flexibility index (Phi) is 8.61. The average Bonchev–Trinajstić information content (AvgIpc) is 2.36. The lowest BCUT2D eigenvalue weighted by Gasteiger charge is -2.35. The van der Waals surface area contributed by atoms with E-state index in [0.717, 1.165) is 45.9 Å². The first-order chi connectivity index (χ1) is 8.38. The van der Waals surface area contributed by atoms with E-state index in [9.17, 15) is 0 Å². The first-order valence-electron chi connectivity index (χ1n) is 6.90. The summed E-state index contributed by atoms with van der Waals surface area (Å²) in [6.45, 7) is 9.24. The third-order valence-corrected chi connectivity index (χ3v) is 3.20. The van der Waals surface area contributed by atoms with Crippen molar-refractivity contribution in [3.63, 3.8) is 0 Å². The summed E-state index contributed by atoms with van der Waals surface area (Å²) in [7, 11) is 1.77. The molecular formula is C13H28N2O2. The molecule has 1 unspecified atom stereocenters. The van der Waals surface area contributed by atoms with Crippen molar-refractivity contribution in [3.05, 3.63) is 0 Å².